The monoisotopic (exact) mass is 290 g/mol. The summed E-state index contributed by atoms with van der Waals surface area (Å²) in [4.78, 5) is 18.4. The van der Waals surface area contributed by atoms with Crippen molar-refractivity contribution in [3.8, 4) is 17.0 Å². The molecular weight excluding hydrogens is 276 g/mol. The van der Waals surface area contributed by atoms with Crippen LogP contribution in [0.5, 0.6) is 5.75 Å². The van der Waals surface area contributed by atoms with E-state index in [4.69, 9.17) is 9.84 Å². The van der Waals surface area contributed by atoms with Crippen molar-refractivity contribution in [1.29, 1.82) is 0 Å². The molecule has 0 saturated carbocycles. The molecule has 2 heterocycles. The van der Waals surface area contributed by atoms with Crippen molar-refractivity contribution in [3.05, 3.63) is 30.0 Å². The summed E-state index contributed by atoms with van der Waals surface area (Å²) < 4.78 is 5.99. The summed E-state index contributed by atoms with van der Waals surface area (Å²) in [6.45, 7) is 3.93. The van der Waals surface area contributed by atoms with Crippen LogP contribution in [-0.4, -0.2) is 26.8 Å². The fourth-order valence-corrected chi connectivity index (χ4v) is 2.85. The summed E-state index contributed by atoms with van der Waals surface area (Å²) in [5.41, 5.74) is 2.13. The third kappa shape index (κ3) is 2.16. The van der Waals surface area contributed by atoms with E-state index < -0.39 is 11.6 Å². The van der Waals surface area contributed by atoms with E-state index in [9.17, 15) is 4.79 Å². The molecule has 5 nitrogen and oxygen atoms in total. The van der Waals surface area contributed by atoms with Gasteiger partial charge in [-0.25, -0.2) is 4.98 Å². The molecule has 1 aromatic heterocycles. The Morgan fingerprint density at radius 1 is 1.45 bits per heavy atom. The lowest BCUT2D eigenvalue weighted by Crippen LogP contribution is -2.29. The minimum Gasteiger partial charge on any atom is -0.481 e. The van der Waals surface area contributed by atoms with Crippen LogP contribution in [0.2, 0.25) is 0 Å². The molecule has 0 bridgehead atoms. The van der Waals surface area contributed by atoms with Gasteiger partial charge in [0.05, 0.1) is 11.4 Å². The maximum absolute atomic E-state index is 10.7. The molecular formula is C14H14N2O3S. The van der Waals surface area contributed by atoms with E-state index in [1.165, 1.54) is 11.8 Å². The average Bonchev–Trinajstić information content (AvgIpc) is 2.81. The van der Waals surface area contributed by atoms with E-state index in [0.717, 1.165) is 22.7 Å². The van der Waals surface area contributed by atoms with E-state index in [1.54, 1.807) is 0 Å². The zero-order valence-corrected chi connectivity index (χ0v) is 12.0. The van der Waals surface area contributed by atoms with E-state index in [0.29, 0.717) is 5.16 Å². The summed E-state index contributed by atoms with van der Waals surface area (Å²) in [6.07, 6.45) is 0. The zero-order valence-electron chi connectivity index (χ0n) is 11.1. The summed E-state index contributed by atoms with van der Waals surface area (Å²) in [5.74, 6) is -0.0819. The van der Waals surface area contributed by atoms with Gasteiger partial charge in [0.1, 0.15) is 17.0 Å². The number of nitrogens with one attached hydrogen (secondary N) is 1. The van der Waals surface area contributed by atoms with E-state index in [-0.39, 0.29) is 5.75 Å². The van der Waals surface area contributed by atoms with Gasteiger partial charge in [-0.05, 0) is 26.0 Å². The van der Waals surface area contributed by atoms with Crippen LogP contribution in [0.1, 0.15) is 19.5 Å². The molecule has 0 saturated heterocycles. The number of benzene rings is 1. The maximum atomic E-state index is 10.7. The first-order valence-electron chi connectivity index (χ1n) is 6.21. The van der Waals surface area contributed by atoms with Gasteiger partial charge in [0, 0.05) is 5.56 Å². The van der Waals surface area contributed by atoms with E-state index >= 15 is 0 Å². The molecule has 2 aromatic rings. The van der Waals surface area contributed by atoms with Gasteiger partial charge >= 0.3 is 5.97 Å². The lowest BCUT2D eigenvalue weighted by atomic mass is 9.95. The Morgan fingerprint density at radius 2 is 2.20 bits per heavy atom. The van der Waals surface area contributed by atoms with Gasteiger partial charge in [-0.2, -0.15) is 0 Å². The predicted molar refractivity (Wildman–Crippen MR) is 76.0 cm³/mol. The molecule has 0 atom stereocenters. The molecule has 20 heavy (non-hydrogen) atoms. The number of H-pyrrole nitrogens is 1. The molecule has 1 aromatic carbocycles. The Bertz CT molecular complexity index is 679. The Hall–Kier alpha value is -1.95. The van der Waals surface area contributed by atoms with Crippen molar-refractivity contribution in [1.82, 2.24) is 9.97 Å². The van der Waals surface area contributed by atoms with Crippen molar-refractivity contribution >= 4 is 17.7 Å². The van der Waals surface area contributed by atoms with Crippen LogP contribution in [0.25, 0.3) is 11.3 Å². The summed E-state index contributed by atoms with van der Waals surface area (Å²) in [7, 11) is 0. The number of carbonyl (C=O) groups is 1. The Labute approximate surface area is 120 Å². The number of hydrogen-bond donors (Lipinski definition) is 2. The maximum Gasteiger partial charge on any atom is 0.313 e. The van der Waals surface area contributed by atoms with Crippen molar-refractivity contribution in [2.45, 2.75) is 24.6 Å². The first kappa shape index (κ1) is 13.1. The second-order valence-corrected chi connectivity index (χ2v) is 6.02. The molecule has 0 spiro atoms. The van der Waals surface area contributed by atoms with Crippen LogP contribution in [-0.2, 0) is 10.4 Å². The fraction of sp³-hybridized carbons (Fsp3) is 0.286. The smallest absolute Gasteiger partial charge is 0.313 e. The third-order valence-electron chi connectivity index (χ3n) is 3.12. The summed E-state index contributed by atoms with van der Waals surface area (Å²) >= 11 is 1.18. The highest BCUT2D eigenvalue weighted by Crippen LogP contribution is 2.44. The Morgan fingerprint density at radius 3 is 2.95 bits per heavy atom. The highest BCUT2D eigenvalue weighted by atomic mass is 32.2. The quantitative estimate of drug-likeness (QED) is 0.850. The molecule has 2 N–H and O–H groups in total. The minimum absolute atomic E-state index is 0.0185. The van der Waals surface area contributed by atoms with Crippen LogP contribution < -0.4 is 4.74 Å². The van der Waals surface area contributed by atoms with Gasteiger partial charge in [-0.1, -0.05) is 23.9 Å². The van der Waals surface area contributed by atoms with Gasteiger partial charge in [-0.3, -0.25) is 4.79 Å². The number of aromatic nitrogens is 2. The first-order valence-corrected chi connectivity index (χ1v) is 7.19. The molecule has 3 rings (SSSR count). The number of imidazole rings is 1. The summed E-state index contributed by atoms with van der Waals surface area (Å²) in [6, 6.07) is 7.73. The van der Waals surface area contributed by atoms with Crippen LogP contribution in [0.3, 0.4) is 0 Å². The van der Waals surface area contributed by atoms with Gasteiger partial charge in [0.2, 0.25) is 0 Å². The average molecular weight is 290 g/mol. The minimum atomic E-state index is -0.861. The molecule has 0 radical (unpaired) electrons. The number of rotatable bonds is 3. The number of aromatic amines is 1. The van der Waals surface area contributed by atoms with Gasteiger partial charge in [0.15, 0.2) is 5.16 Å². The van der Waals surface area contributed by atoms with Crippen molar-refractivity contribution in [2.24, 2.45) is 0 Å². The second kappa shape index (κ2) is 4.56. The fourth-order valence-electron chi connectivity index (χ4n) is 2.26. The number of nitrogens with zero attached hydrogens (tertiary/aromatic N) is 1. The third-order valence-corrected chi connectivity index (χ3v) is 3.98. The number of carboxylic acid groups (broad SMARTS) is 1. The van der Waals surface area contributed by atoms with Crippen LogP contribution in [0.4, 0.5) is 0 Å². The Kier molecular flexibility index (Phi) is 2.97. The largest absolute Gasteiger partial charge is 0.481 e. The number of ether oxygens (including phenoxy) is 1. The highest BCUT2D eigenvalue weighted by Gasteiger charge is 2.35. The van der Waals surface area contributed by atoms with E-state index in [2.05, 4.69) is 9.97 Å². The number of carboxylic acids is 1. The molecule has 1 aliphatic heterocycles. The van der Waals surface area contributed by atoms with Crippen LogP contribution in [0, 0.1) is 0 Å². The lowest BCUT2D eigenvalue weighted by molar-refractivity contribution is -0.133. The summed E-state index contributed by atoms with van der Waals surface area (Å²) in [5, 5.41) is 9.35. The van der Waals surface area contributed by atoms with Crippen LogP contribution in [0.15, 0.2) is 29.4 Å². The molecule has 104 valence electrons. The Balaban J connectivity index is 2.05. The number of para-hydroxylation sites is 1. The molecule has 0 unspecified atom stereocenters. The number of thioether (sulfide) groups is 1. The number of hydrogen-bond acceptors (Lipinski definition) is 4. The SMILES string of the molecule is CC1(C)Oc2ccccc2-c2nc(SCC(=O)O)[nH]c21. The molecule has 0 fully saturated rings. The standard InChI is InChI=1S/C14H14N2O3S/c1-14(2)12-11(8-5-3-4-6-9(8)19-14)15-13(16-12)20-7-10(17)18/h3-6H,7H2,1-2H3,(H,15,16)(H,17,18). The second-order valence-electron chi connectivity index (χ2n) is 5.06. The van der Waals surface area contributed by atoms with Crippen molar-refractivity contribution < 1.29 is 14.6 Å². The highest BCUT2D eigenvalue weighted by molar-refractivity contribution is 7.99. The number of fused-ring (bicyclic) bond motifs is 3. The van der Waals surface area contributed by atoms with E-state index in [1.807, 2.05) is 38.1 Å². The van der Waals surface area contributed by atoms with Gasteiger partial charge < -0.3 is 14.8 Å². The van der Waals surface area contributed by atoms with Gasteiger partial charge in [0.25, 0.3) is 0 Å². The molecule has 0 amide bonds. The van der Waals surface area contributed by atoms with Gasteiger partial charge in [-0.15, -0.1) is 0 Å². The molecule has 0 aliphatic carbocycles. The normalized spacial score (nSPS) is 15.1. The predicted octanol–water partition coefficient (Wildman–Crippen LogP) is 2.88. The van der Waals surface area contributed by atoms with Crippen LogP contribution >= 0.6 is 11.8 Å². The lowest BCUT2D eigenvalue weighted by Gasteiger charge is -2.31. The first-order chi connectivity index (χ1) is 9.47. The zero-order chi connectivity index (χ0) is 14.3. The van der Waals surface area contributed by atoms with Crippen molar-refractivity contribution in [3.63, 3.8) is 0 Å². The van der Waals surface area contributed by atoms with Crippen molar-refractivity contribution in [2.75, 3.05) is 5.75 Å². The topological polar surface area (TPSA) is 75.2 Å². The number of aliphatic carboxylic acids is 1. The molecule has 1 aliphatic rings. The molecule has 6 heteroatoms.